The number of rotatable bonds is 5. The number of methoxy groups -OCH3 is 1. The molecule has 1 fully saturated rings. The van der Waals surface area contributed by atoms with Gasteiger partial charge in [0.2, 0.25) is 5.91 Å². The molecule has 2 aliphatic rings. The molecule has 0 radical (unpaired) electrons. The second-order valence-corrected chi connectivity index (χ2v) is 10.2. The van der Waals surface area contributed by atoms with Gasteiger partial charge < -0.3 is 4.74 Å². The van der Waals surface area contributed by atoms with Gasteiger partial charge in [0.1, 0.15) is 5.75 Å². The summed E-state index contributed by atoms with van der Waals surface area (Å²) in [5.74, 6) is -0.0424. The number of hydrogen-bond acceptors (Lipinski definition) is 6. The molecule has 176 valence electrons. The molecule has 35 heavy (non-hydrogen) atoms. The number of carbonyl (C=O) groups is 3. The summed E-state index contributed by atoms with van der Waals surface area (Å²) in [6.07, 6.45) is 1.62. The summed E-state index contributed by atoms with van der Waals surface area (Å²) in [5, 5.41) is 0.121. The lowest BCUT2D eigenvalue weighted by molar-refractivity contribution is -0.123. The third-order valence-electron chi connectivity index (χ3n) is 5.59. The Morgan fingerprint density at radius 3 is 2.54 bits per heavy atom. The molecule has 0 saturated carbocycles. The fourth-order valence-corrected chi connectivity index (χ4v) is 6.00. The van der Waals surface area contributed by atoms with E-state index in [9.17, 15) is 14.4 Å². The predicted molar refractivity (Wildman–Crippen MR) is 139 cm³/mol. The van der Waals surface area contributed by atoms with Crippen LogP contribution in [0.2, 0.25) is 5.02 Å². The van der Waals surface area contributed by atoms with Crippen molar-refractivity contribution in [2.75, 3.05) is 18.6 Å². The number of amides is 3. The zero-order chi connectivity index (χ0) is 24.5. The van der Waals surface area contributed by atoms with Crippen molar-refractivity contribution in [2.45, 2.75) is 16.2 Å². The fraction of sp³-hybridized carbons (Fsp3) is 0.115. The summed E-state index contributed by atoms with van der Waals surface area (Å²) in [6.45, 7) is -0.0194. The van der Waals surface area contributed by atoms with Crippen LogP contribution in [-0.2, 0) is 9.59 Å². The third-order valence-corrected chi connectivity index (χ3v) is 7.86. The number of halogens is 1. The van der Waals surface area contributed by atoms with Crippen molar-refractivity contribution in [2.24, 2.45) is 0 Å². The Morgan fingerprint density at radius 1 is 0.971 bits per heavy atom. The summed E-state index contributed by atoms with van der Waals surface area (Å²) >= 11 is 8.66. The lowest BCUT2D eigenvalue weighted by Gasteiger charge is -2.31. The van der Waals surface area contributed by atoms with Gasteiger partial charge in [-0.25, -0.2) is 0 Å². The number of nitrogens with zero attached hydrogens (tertiary/aromatic N) is 2. The summed E-state index contributed by atoms with van der Waals surface area (Å²) in [5.41, 5.74) is 2.14. The predicted octanol–water partition coefficient (Wildman–Crippen LogP) is 6.60. The van der Waals surface area contributed by atoms with E-state index in [1.54, 1.807) is 48.0 Å². The van der Waals surface area contributed by atoms with Gasteiger partial charge in [-0.1, -0.05) is 53.7 Å². The maximum Gasteiger partial charge on any atom is 0.293 e. The third kappa shape index (κ3) is 4.57. The second kappa shape index (κ2) is 9.81. The van der Waals surface area contributed by atoms with Crippen molar-refractivity contribution in [3.63, 3.8) is 0 Å². The molecule has 6 nitrogen and oxygen atoms in total. The molecule has 1 saturated heterocycles. The molecule has 0 aromatic heterocycles. The summed E-state index contributed by atoms with van der Waals surface area (Å²) < 4.78 is 5.33. The van der Waals surface area contributed by atoms with Gasteiger partial charge in [0.15, 0.2) is 0 Å². The molecular formula is C26H19ClN2O4S2. The van der Waals surface area contributed by atoms with Crippen molar-refractivity contribution < 1.29 is 19.1 Å². The lowest BCUT2D eigenvalue weighted by atomic mass is 10.2. The molecule has 9 heteroatoms. The van der Waals surface area contributed by atoms with E-state index in [0.717, 1.165) is 32.1 Å². The van der Waals surface area contributed by atoms with Crippen molar-refractivity contribution >= 4 is 69.6 Å². The topological polar surface area (TPSA) is 66.9 Å². The molecule has 3 aromatic carbocycles. The number of thioether (sulfide) groups is 1. The summed E-state index contributed by atoms with van der Waals surface area (Å²) in [7, 11) is 1.55. The van der Waals surface area contributed by atoms with E-state index in [1.165, 1.54) is 0 Å². The van der Waals surface area contributed by atoms with Crippen LogP contribution in [0, 0.1) is 0 Å². The monoisotopic (exact) mass is 522 g/mol. The van der Waals surface area contributed by atoms with Crippen LogP contribution in [0.3, 0.4) is 0 Å². The number of fused-ring (bicyclic) bond motifs is 2. The van der Waals surface area contributed by atoms with Gasteiger partial charge in [-0.05, 0) is 54.2 Å². The molecule has 0 spiro atoms. The smallest absolute Gasteiger partial charge is 0.293 e. The molecule has 5 rings (SSSR count). The first-order valence-electron chi connectivity index (χ1n) is 10.7. The Kier molecular flexibility index (Phi) is 6.60. The van der Waals surface area contributed by atoms with Crippen molar-refractivity contribution in [3.05, 3.63) is 82.2 Å². The van der Waals surface area contributed by atoms with Crippen LogP contribution in [0.4, 0.5) is 16.2 Å². The first-order valence-corrected chi connectivity index (χ1v) is 12.7. The van der Waals surface area contributed by atoms with Gasteiger partial charge >= 0.3 is 0 Å². The molecule has 2 heterocycles. The number of imide groups is 1. The summed E-state index contributed by atoms with van der Waals surface area (Å²) in [6, 6.07) is 20.3. The Morgan fingerprint density at radius 2 is 1.71 bits per heavy atom. The molecule has 3 aromatic rings. The van der Waals surface area contributed by atoms with Crippen LogP contribution in [0.5, 0.6) is 5.75 Å². The number of benzene rings is 3. The highest BCUT2D eigenvalue weighted by Crippen LogP contribution is 2.49. The van der Waals surface area contributed by atoms with Crippen LogP contribution in [0.15, 0.2) is 81.4 Å². The van der Waals surface area contributed by atoms with E-state index < -0.39 is 11.1 Å². The molecule has 0 unspecified atom stereocenters. The quantitative estimate of drug-likeness (QED) is 0.351. The Labute approximate surface area is 215 Å². The first kappa shape index (κ1) is 23.5. The molecule has 0 atom stereocenters. The van der Waals surface area contributed by atoms with Gasteiger partial charge in [-0.2, -0.15) is 0 Å². The van der Waals surface area contributed by atoms with E-state index >= 15 is 0 Å². The molecular weight excluding hydrogens is 504 g/mol. The minimum Gasteiger partial charge on any atom is -0.496 e. The molecule has 0 bridgehead atoms. The van der Waals surface area contributed by atoms with Gasteiger partial charge in [0, 0.05) is 33.3 Å². The van der Waals surface area contributed by atoms with Crippen LogP contribution in [0.1, 0.15) is 12.0 Å². The fourth-order valence-electron chi connectivity index (χ4n) is 3.94. The van der Waals surface area contributed by atoms with Gasteiger partial charge in [0.05, 0.1) is 23.4 Å². The van der Waals surface area contributed by atoms with E-state index in [1.807, 2.05) is 48.5 Å². The SMILES string of the molecule is COc1ccccc1/C=C1/SC(=O)N(CCC(=O)N2c3ccccc3Sc3ccc(Cl)cc32)C1=O. The van der Waals surface area contributed by atoms with Crippen LogP contribution >= 0.6 is 35.1 Å². The number of hydrogen-bond donors (Lipinski definition) is 0. The minimum absolute atomic E-state index is 0.0194. The zero-order valence-electron chi connectivity index (χ0n) is 18.6. The maximum atomic E-state index is 13.4. The Bertz CT molecular complexity index is 1390. The molecule has 3 amide bonds. The van der Waals surface area contributed by atoms with Gasteiger partial charge in [0.25, 0.3) is 11.1 Å². The van der Waals surface area contributed by atoms with Crippen molar-refractivity contribution in [3.8, 4) is 5.75 Å². The number of para-hydroxylation sites is 2. The maximum absolute atomic E-state index is 13.4. The molecule has 0 aliphatic carbocycles. The molecule has 0 N–H and O–H groups in total. The average molecular weight is 523 g/mol. The van der Waals surface area contributed by atoms with Gasteiger partial charge in [-0.15, -0.1) is 0 Å². The number of anilines is 2. The van der Waals surface area contributed by atoms with Crippen LogP contribution in [0.25, 0.3) is 6.08 Å². The first-order chi connectivity index (χ1) is 17.0. The zero-order valence-corrected chi connectivity index (χ0v) is 21.0. The van der Waals surface area contributed by atoms with E-state index in [0.29, 0.717) is 26.9 Å². The summed E-state index contributed by atoms with van der Waals surface area (Å²) in [4.78, 5) is 43.9. The van der Waals surface area contributed by atoms with Gasteiger partial charge in [-0.3, -0.25) is 24.2 Å². The highest BCUT2D eigenvalue weighted by atomic mass is 35.5. The Hall–Kier alpha value is -3.20. The van der Waals surface area contributed by atoms with E-state index in [-0.39, 0.29) is 18.9 Å². The molecule has 2 aliphatic heterocycles. The minimum atomic E-state index is -0.420. The van der Waals surface area contributed by atoms with Crippen molar-refractivity contribution in [1.82, 2.24) is 4.90 Å². The Balaban J connectivity index is 1.37. The second-order valence-electron chi connectivity index (χ2n) is 7.74. The van der Waals surface area contributed by atoms with E-state index in [2.05, 4.69) is 0 Å². The van der Waals surface area contributed by atoms with E-state index in [4.69, 9.17) is 16.3 Å². The lowest BCUT2D eigenvalue weighted by Crippen LogP contribution is -2.35. The standard InChI is InChI=1S/C26H19ClN2O4S2/c1-33-20-8-4-2-6-16(20)14-23-25(31)28(26(32)35-23)13-12-24(30)29-18-7-3-5-9-21(18)34-22-11-10-17(27)15-19(22)29/h2-11,14-15H,12-13H2,1H3/b23-14+. The van der Waals surface area contributed by atoms with Crippen LogP contribution in [-0.4, -0.2) is 35.6 Å². The number of ether oxygens (including phenoxy) is 1. The number of carbonyl (C=O) groups excluding carboxylic acids is 3. The highest BCUT2D eigenvalue weighted by molar-refractivity contribution is 8.18. The average Bonchev–Trinajstić information content (AvgIpc) is 3.13. The van der Waals surface area contributed by atoms with Crippen molar-refractivity contribution in [1.29, 1.82) is 0 Å². The highest BCUT2D eigenvalue weighted by Gasteiger charge is 2.36. The normalized spacial score (nSPS) is 15.9. The largest absolute Gasteiger partial charge is 0.496 e. The van der Waals surface area contributed by atoms with Crippen LogP contribution < -0.4 is 9.64 Å².